The van der Waals surface area contributed by atoms with Gasteiger partial charge in [-0.3, -0.25) is 4.79 Å². The summed E-state index contributed by atoms with van der Waals surface area (Å²) in [4.78, 5) is 12.9. The number of carbonyl (C=O) groups is 1. The minimum Gasteiger partial charge on any atom is -0.325 e. The molecule has 1 aliphatic rings. The van der Waals surface area contributed by atoms with Crippen LogP contribution < -0.4 is 5.32 Å². The Morgan fingerprint density at radius 1 is 1.25 bits per heavy atom. The predicted molar refractivity (Wildman–Crippen MR) is 108 cm³/mol. The highest BCUT2D eigenvalue weighted by atomic mass is 32.2. The number of amides is 1. The highest BCUT2D eigenvalue weighted by molar-refractivity contribution is 7.91. The molecule has 0 aliphatic carbocycles. The first-order valence-electron chi connectivity index (χ1n) is 8.94. The van der Waals surface area contributed by atoms with E-state index in [1.807, 2.05) is 31.2 Å². The van der Waals surface area contributed by atoms with Crippen LogP contribution in [0.25, 0.3) is 5.69 Å². The van der Waals surface area contributed by atoms with Gasteiger partial charge in [-0.1, -0.05) is 12.1 Å². The lowest BCUT2D eigenvalue weighted by Crippen LogP contribution is -2.42. The van der Waals surface area contributed by atoms with E-state index >= 15 is 0 Å². The highest BCUT2D eigenvalue weighted by Crippen LogP contribution is 2.29. The van der Waals surface area contributed by atoms with Gasteiger partial charge in [-0.15, -0.1) is 11.3 Å². The first-order chi connectivity index (χ1) is 13.5. The average Bonchev–Trinajstić information content (AvgIpc) is 3.43. The molecule has 1 atom stereocenters. The Labute approximate surface area is 167 Å². The fourth-order valence-corrected chi connectivity index (χ4v) is 6.17. The van der Waals surface area contributed by atoms with Crippen LogP contribution in [-0.2, 0) is 14.8 Å². The second kappa shape index (κ2) is 7.50. The zero-order valence-corrected chi connectivity index (χ0v) is 16.9. The number of thiophene rings is 1. The summed E-state index contributed by atoms with van der Waals surface area (Å²) in [5.41, 5.74) is 2.42. The van der Waals surface area contributed by atoms with E-state index < -0.39 is 16.1 Å². The van der Waals surface area contributed by atoms with Crippen LogP contribution >= 0.6 is 11.3 Å². The van der Waals surface area contributed by atoms with Crippen LogP contribution in [0.15, 0.2) is 58.3 Å². The number of benzene rings is 1. The van der Waals surface area contributed by atoms with Crippen LogP contribution in [0.5, 0.6) is 0 Å². The molecule has 2 aromatic heterocycles. The summed E-state index contributed by atoms with van der Waals surface area (Å²) >= 11 is 1.17. The van der Waals surface area contributed by atoms with Crippen molar-refractivity contribution < 1.29 is 13.2 Å². The van der Waals surface area contributed by atoms with Gasteiger partial charge in [0.2, 0.25) is 5.91 Å². The molecule has 1 N–H and O–H groups in total. The van der Waals surface area contributed by atoms with Crippen molar-refractivity contribution in [3.05, 3.63) is 59.7 Å². The molecule has 0 spiro atoms. The van der Waals surface area contributed by atoms with Crippen molar-refractivity contribution in [2.75, 3.05) is 11.9 Å². The van der Waals surface area contributed by atoms with Gasteiger partial charge in [-0.2, -0.15) is 9.40 Å². The zero-order chi connectivity index (χ0) is 19.7. The number of sulfonamides is 1. The predicted octanol–water partition coefficient (Wildman–Crippen LogP) is 3.03. The van der Waals surface area contributed by atoms with Crippen molar-refractivity contribution in [3.63, 3.8) is 0 Å². The van der Waals surface area contributed by atoms with Crippen molar-refractivity contribution >= 4 is 33.0 Å². The molecular weight excluding hydrogens is 396 g/mol. The van der Waals surface area contributed by atoms with Crippen molar-refractivity contribution in [2.45, 2.75) is 30.0 Å². The third-order valence-corrected chi connectivity index (χ3v) is 8.04. The van der Waals surface area contributed by atoms with Gasteiger partial charge >= 0.3 is 0 Å². The van der Waals surface area contributed by atoms with Gasteiger partial charge in [0.05, 0.1) is 5.69 Å². The van der Waals surface area contributed by atoms with Gasteiger partial charge < -0.3 is 5.32 Å². The van der Waals surface area contributed by atoms with E-state index in [0.29, 0.717) is 25.1 Å². The van der Waals surface area contributed by atoms with Crippen LogP contribution in [0.3, 0.4) is 0 Å². The van der Waals surface area contributed by atoms with E-state index in [1.54, 1.807) is 34.5 Å². The van der Waals surface area contributed by atoms with E-state index in [4.69, 9.17) is 0 Å². The number of carbonyl (C=O) groups excluding carboxylic acids is 1. The van der Waals surface area contributed by atoms with E-state index in [0.717, 1.165) is 11.4 Å². The number of nitrogens with zero attached hydrogens (tertiary/aromatic N) is 3. The first-order valence-corrected chi connectivity index (χ1v) is 11.3. The highest BCUT2D eigenvalue weighted by Gasteiger charge is 2.39. The van der Waals surface area contributed by atoms with Gasteiger partial charge in [0.15, 0.2) is 0 Å². The number of hydrogen-bond acceptors (Lipinski definition) is 5. The number of nitrogens with one attached hydrogen (secondary N) is 1. The van der Waals surface area contributed by atoms with E-state index in [9.17, 15) is 13.2 Å². The molecule has 0 bridgehead atoms. The Morgan fingerprint density at radius 3 is 2.82 bits per heavy atom. The monoisotopic (exact) mass is 416 g/mol. The number of rotatable bonds is 5. The Kier molecular flexibility index (Phi) is 5.05. The van der Waals surface area contributed by atoms with Crippen molar-refractivity contribution in [1.82, 2.24) is 14.1 Å². The van der Waals surface area contributed by atoms with Crippen LogP contribution in [0.2, 0.25) is 0 Å². The average molecular weight is 417 g/mol. The van der Waals surface area contributed by atoms with Crippen molar-refractivity contribution in [2.24, 2.45) is 0 Å². The molecule has 0 saturated carbocycles. The fraction of sp³-hybridized carbons (Fsp3) is 0.263. The molecule has 9 heteroatoms. The van der Waals surface area contributed by atoms with E-state index in [1.165, 1.54) is 15.6 Å². The van der Waals surface area contributed by atoms with Crippen molar-refractivity contribution in [1.29, 1.82) is 0 Å². The van der Waals surface area contributed by atoms with Crippen LogP contribution in [0, 0.1) is 6.92 Å². The van der Waals surface area contributed by atoms with Gasteiger partial charge in [-0.25, -0.2) is 13.1 Å². The smallest absolute Gasteiger partial charge is 0.253 e. The minimum atomic E-state index is -3.65. The number of aryl methyl sites for hydroxylation is 1. The second-order valence-electron chi connectivity index (χ2n) is 6.63. The van der Waals surface area contributed by atoms with Crippen LogP contribution in [0.4, 0.5) is 5.69 Å². The summed E-state index contributed by atoms with van der Waals surface area (Å²) in [6.45, 7) is 2.30. The molecule has 1 aliphatic heterocycles. The lowest BCUT2D eigenvalue weighted by Gasteiger charge is -2.22. The number of hydrogen-bond donors (Lipinski definition) is 1. The summed E-state index contributed by atoms with van der Waals surface area (Å²) in [7, 11) is -3.65. The largest absolute Gasteiger partial charge is 0.325 e. The molecule has 1 unspecified atom stereocenters. The van der Waals surface area contributed by atoms with E-state index in [2.05, 4.69) is 10.4 Å². The molecule has 0 radical (unpaired) electrons. The third kappa shape index (κ3) is 3.48. The summed E-state index contributed by atoms with van der Waals surface area (Å²) in [6, 6.07) is 11.8. The maximum Gasteiger partial charge on any atom is 0.253 e. The summed E-state index contributed by atoms with van der Waals surface area (Å²) in [6.07, 6.45) is 2.88. The normalized spacial score (nSPS) is 17.7. The Hall–Kier alpha value is -2.49. The molecule has 1 aromatic carbocycles. The second-order valence-corrected chi connectivity index (χ2v) is 9.69. The Balaban J connectivity index is 1.55. The molecule has 3 aromatic rings. The van der Waals surface area contributed by atoms with Crippen LogP contribution in [0.1, 0.15) is 18.5 Å². The number of anilines is 1. The molecule has 7 nitrogen and oxygen atoms in total. The lowest BCUT2D eigenvalue weighted by atomic mass is 10.2. The van der Waals surface area contributed by atoms with Gasteiger partial charge in [-0.05, 0) is 55.5 Å². The molecule has 1 amide bonds. The van der Waals surface area contributed by atoms with Crippen LogP contribution in [-0.4, -0.2) is 41.0 Å². The molecule has 3 heterocycles. The topological polar surface area (TPSA) is 84.3 Å². The summed E-state index contributed by atoms with van der Waals surface area (Å²) in [5.74, 6) is -0.313. The molecule has 28 heavy (non-hydrogen) atoms. The molecular formula is C19H20N4O3S2. The summed E-state index contributed by atoms with van der Waals surface area (Å²) < 4.78 is 29.1. The third-order valence-electron chi connectivity index (χ3n) is 4.75. The lowest BCUT2D eigenvalue weighted by molar-refractivity contribution is -0.119. The number of aromatic nitrogens is 2. The van der Waals surface area contributed by atoms with Gasteiger partial charge in [0.25, 0.3) is 10.0 Å². The minimum absolute atomic E-state index is 0.267. The quantitative estimate of drug-likeness (QED) is 0.693. The Morgan fingerprint density at radius 2 is 2.11 bits per heavy atom. The van der Waals surface area contributed by atoms with Gasteiger partial charge in [0.1, 0.15) is 10.3 Å². The van der Waals surface area contributed by atoms with Gasteiger partial charge in [0, 0.05) is 24.1 Å². The Bertz CT molecular complexity index is 1090. The van der Waals surface area contributed by atoms with E-state index in [-0.39, 0.29) is 10.1 Å². The SMILES string of the molecule is Cc1ccnn1-c1cccc(NC(=O)C2CCCN2S(=O)(=O)c2cccs2)c1. The maximum atomic E-state index is 12.9. The maximum absolute atomic E-state index is 12.9. The molecule has 1 saturated heterocycles. The summed E-state index contributed by atoms with van der Waals surface area (Å²) in [5, 5.41) is 8.87. The first kappa shape index (κ1) is 18.9. The molecule has 146 valence electrons. The fourth-order valence-electron chi connectivity index (χ4n) is 3.40. The molecule has 1 fully saturated rings. The zero-order valence-electron chi connectivity index (χ0n) is 15.3. The standard InChI is InChI=1S/C19H20N4O3S2/c1-14-9-10-20-23(14)16-6-2-5-15(13-16)21-19(24)17-7-3-11-22(17)28(25,26)18-8-4-12-27-18/h2,4-6,8-10,12-13,17H,3,7,11H2,1H3,(H,21,24). The molecule has 4 rings (SSSR count). The van der Waals surface area contributed by atoms with Crippen molar-refractivity contribution in [3.8, 4) is 5.69 Å².